The van der Waals surface area contributed by atoms with Gasteiger partial charge in [0, 0.05) is 6.42 Å². The van der Waals surface area contributed by atoms with Gasteiger partial charge in [-0.05, 0) is 18.3 Å². The monoisotopic (exact) mass is 170 g/mol. The van der Waals surface area contributed by atoms with Gasteiger partial charge in [0.25, 0.3) is 0 Å². The second kappa shape index (κ2) is 4.48. The van der Waals surface area contributed by atoms with Gasteiger partial charge >= 0.3 is 5.97 Å². The fraction of sp³-hybridized carbons (Fsp3) is 0.900. The molecule has 0 bridgehead atoms. The lowest BCUT2D eigenvalue weighted by molar-refractivity contribution is -0.142. The van der Waals surface area contributed by atoms with E-state index < -0.39 is 0 Å². The minimum atomic E-state index is -0.0475. The van der Waals surface area contributed by atoms with Crippen LogP contribution in [0, 0.1) is 11.8 Å². The average molecular weight is 170 g/mol. The van der Waals surface area contributed by atoms with Crippen molar-refractivity contribution in [1.29, 1.82) is 0 Å². The number of ether oxygens (including phenoxy) is 1. The first-order chi connectivity index (χ1) is 5.74. The molecule has 2 heteroatoms. The van der Waals surface area contributed by atoms with Crippen LogP contribution in [0.3, 0.4) is 0 Å². The molecular formula is C10H18O2. The summed E-state index contributed by atoms with van der Waals surface area (Å²) in [6.07, 6.45) is 5.72. The molecule has 0 saturated heterocycles. The summed E-state index contributed by atoms with van der Waals surface area (Å²) in [4.78, 5) is 11.0. The maximum Gasteiger partial charge on any atom is 0.305 e. The summed E-state index contributed by atoms with van der Waals surface area (Å²) in [7, 11) is 1.47. The Morgan fingerprint density at radius 1 is 1.42 bits per heavy atom. The van der Waals surface area contributed by atoms with Crippen LogP contribution in [-0.4, -0.2) is 13.1 Å². The highest BCUT2D eigenvalue weighted by Crippen LogP contribution is 2.31. The standard InChI is InChI=1S/C10H18O2/c1-8-5-3-4-6-9(8)7-10(11)12-2/h8-9H,3-7H2,1-2H3. The van der Waals surface area contributed by atoms with E-state index in [0.29, 0.717) is 18.3 Å². The summed E-state index contributed by atoms with van der Waals surface area (Å²) in [6.45, 7) is 2.24. The summed E-state index contributed by atoms with van der Waals surface area (Å²) in [6, 6.07) is 0. The highest BCUT2D eigenvalue weighted by molar-refractivity contribution is 5.69. The zero-order valence-electron chi connectivity index (χ0n) is 8.01. The molecule has 0 N–H and O–H groups in total. The van der Waals surface area contributed by atoms with Crippen LogP contribution in [-0.2, 0) is 9.53 Å². The Morgan fingerprint density at radius 2 is 2.08 bits per heavy atom. The van der Waals surface area contributed by atoms with Crippen LogP contribution < -0.4 is 0 Å². The summed E-state index contributed by atoms with van der Waals surface area (Å²) >= 11 is 0. The zero-order chi connectivity index (χ0) is 8.97. The molecule has 1 fully saturated rings. The molecular weight excluding hydrogens is 152 g/mol. The van der Waals surface area contributed by atoms with Crippen LogP contribution in [0.5, 0.6) is 0 Å². The predicted octanol–water partition coefficient (Wildman–Crippen LogP) is 2.38. The van der Waals surface area contributed by atoms with Crippen molar-refractivity contribution in [3.05, 3.63) is 0 Å². The predicted molar refractivity (Wildman–Crippen MR) is 47.8 cm³/mol. The van der Waals surface area contributed by atoms with Crippen molar-refractivity contribution >= 4 is 5.97 Å². The number of esters is 1. The van der Waals surface area contributed by atoms with Gasteiger partial charge < -0.3 is 4.74 Å². The smallest absolute Gasteiger partial charge is 0.305 e. The van der Waals surface area contributed by atoms with Crippen LogP contribution in [0.4, 0.5) is 0 Å². The molecule has 0 aromatic carbocycles. The number of hydrogen-bond acceptors (Lipinski definition) is 2. The molecule has 2 unspecified atom stereocenters. The van der Waals surface area contributed by atoms with Crippen LogP contribution in [0.1, 0.15) is 39.0 Å². The third kappa shape index (κ3) is 2.50. The summed E-state index contributed by atoms with van der Waals surface area (Å²) in [5.41, 5.74) is 0. The first kappa shape index (κ1) is 9.56. The lowest BCUT2D eigenvalue weighted by Crippen LogP contribution is -2.20. The van der Waals surface area contributed by atoms with Gasteiger partial charge in [-0.15, -0.1) is 0 Å². The van der Waals surface area contributed by atoms with Crippen molar-refractivity contribution < 1.29 is 9.53 Å². The molecule has 12 heavy (non-hydrogen) atoms. The van der Waals surface area contributed by atoms with E-state index in [1.165, 1.54) is 32.8 Å². The Hall–Kier alpha value is -0.530. The molecule has 1 aliphatic carbocycles. The third-order valence-corrected chi connectivity index (χ3v) is 2.95. The lowest BCUT2D eigenvalue weighted by Gasteiger charge is -2.27. The van der Waals surface area contributed by atoms with Gasteiger partial charge in [0.1, 0.15) is 0 Å². The Morgan fingerprint density at radius 3 is 2.67 bits per heavy atom. The van der Waals surface area contributed by atoms with E-state index in [0.717, 1.165) is 0 Å². The molecule has 1 aliphatic rings. The van der Waals surface area contributed by atoms with Crippen LogP contribution in [0.25, 0.3) is 0 Å². The molecule has 0 aromatic heterocycles. The molecule has 0 spiro atoms. The van der Waals surface area contributed by atoms with E-state index in [-0.39, 0.29) is 5.97 Å². The van der Waals surface area contributed by atoms with Crippen molar-refractivity contribution in [2.24, 2.45) is 11.8 Å². The van der Waals surface area contributed by atoms with Gasteiger partial charge in [0.2, 0.25) is 0 Å². The van der Waals surface area contributed by atoms with Crippen molar-refractivity contribution in [2.75, 3.05) is 7.11 Å². The Kier molecular flexibility index (Phi) is 3.57. The fourth-order valence-corrected chi connectivity index (χ4v) is 1.99. The third-order valence-electron chi connectivity index (χ3n) is 2.95. The topological polar surface area (TPSA) is 26.3 Å². The van der Waals surface area contributed by atoms with E-state index in [1.807, 2.05) is 0 Å². The second-order valence-corrected chi connectivity index (χ2v) is 3.80. The number of carbonyl (C=O) groups excluding carboxylic acids is 1. The van der Waals surface area contributed by atoms with Crippen molar-refractivity contribution in [2.45, 2.75) is 39.0 Å². The Bertz CT molecular complexity index is 154. The highest BCUT2D eigenvalue weighted by atomic mass is 16.5. The van der Waals surface area contributed by atoms with Gasteiger partial charge in [-0.3, -0.25) is 4.79 Å². The first-order valence-corrected chi connectivity index (χ1v) is 4.81. The SMILES string of the molecule is COC(=O)CC1CCCCC1C. The molecule has 0 amide bonds. The van der Waals surface area contributed by atoms with Gasteiger partial charge in [-0.2, -0.15) is 0 Å². The lowest BCUT2D eigenvalue weighted by atomic mass is 9.79. The van der Waals surface area contributed by atoms with Gasteiger partial charge in [-0.25, -0.2) is 0 Å². The van der Waals surface area contributed by atoms with Crippen LogP contribution in [0.15, 0.2) is 0 Å². The first-order valence-electron chi connectivity index (χ1n) is 4.81. The summed E-state index contributed by atoms with van der Waals surface area (Å²) < 4.78 is 4.66. The number of hydrogen-bond donors (Lipinski definition) is 0. The van der Waals surface area contributed by atoms with Crippen molar-refractivity contribution in [1.82, 2.24) is 0 Å². The fourth-order valence-electron chi connectivity index (χ4n) is 1.99. The number of carbonyl (C=O) groups is 1. The quantitative estimate of drug-likeness (QED) is 0.595. The maximum absolute atomic E-state index is 11.0. The summed E-state index contributed by atoms with van der Waals surface area (Å²) in [5, 5.41) is 0. The highest BCUT2D eigenvalue weighted by Gasteiger charge is 2.23. The minimum Gasteiger partial charge on any atom is -0.469 e. The molecule has 0 aliphatic heterocycles. The maximum atomic E-state index is 11.0. The van der Waals surface area contributed by atoms with Gasteiger partial charge in [0.15, 0.2) is 0 Å². The largest absolute Gasteiger partial charge is 0.469 e. The Labute approximate surface area is 74.3 Å². The zero-order valence-corrected chi connectivity index (χ0v) is 8.01. The molecule has 2 nitrogen and oxygen atoms in total. The molecule has 0 heterocycles. The van der Waals surface area contributed by atoms with Gasteiger partial charge in [0.05, 0.1) is 7.11 Å². The normalized spacial score (nSPS) is 29.8. The molecule has 0 aromatic rings. The number of rotatable bonds is 2. The van der Waals surface area contributed by atoms with Crippen molar-refractivity contribution in [3.63, 3.8) is 0 Å². The molecule has 0 radical (unpaired) electrons. The summed E-state index contributed by atoms with van der Waals surface area (Å²) in [5.74, 6) is 1.23. The second-order valence-electron chi connectivity index (χ2n) is 3.80. The van der Waals surface area contributed by atoms with E-state index >= 15 is 0 Å². The molecule has 1 rings (SSSR count). The van der Waals surface area contributed by atoms with E-state index in [1.54, 1.807) is 0 Å². The van der Waals surface area contributed by atoms with Crippen LogP contribution >= 0.6 is 0 Å². The minimum absolute atomic E-state index is 0.0475. The van der Waals surface area contributed by atoms with E-state index in [2.05, 4.69) is 11.7 Å². The van der Waals surface area contributed by atoms with Crippen LogP contribution in [0.2, 0.25) is 0 Å². The van der Waals surface area contributed by atoms with Crippen molar-refractivity contribution in [3.8, 4) is 0 Å². The molecule has 1 saturated carbocycles. The Balaban J connectivity index is 2.33. The number of methoxy groups -OCH3 is 1. The van der Waals surface area contributed by atoms with E-state index in [4.69, 9.17) is 0 Å². The van der Waals surface area contributed by atoms with Gasteiger partial charge in [-0.1, -0.05) is 26.2 Å². The molecule has 2 atom stereocenters. The van der Waals surface area contributed by atoms with E-state index in [9.17, 15) is 4.79 Å². The molecule has 70 valence electrons. The average Bonchev–Trinajstić information content (AvgIpc) is 2.09.